The molecule has 0 aromatic carbocycles. The Kier molecular flexibility index (Phi) is 5.23. The first-order valence-electron chi connectivity index (χ1n) is 7.54. The molecule has 0 aromatic rings. The number of aliphatic carboxylic acids is 1. The standard InChI is InChI=1S/C14H25N3O3/c1-11-2-4-12(5-3-11)15-14(20)17-8-6-16(7-9-17)10-13(18)19/h11-12H,2-10H2,1H3,(H,15,20)(H,18,19). The Morgan fingerprint density at radius 3 is 2.25 bits per heavy atom. The van der Waals surface area contributed by atoms with Crippen LogP contribution in [0.15, 0.2) is 0 Å². The van der Waals surface area contributed by atoms with Gasteiger partial charge in [-0.1, -0.05) is 6.92 Å². The molecule has 20 heavy (non-hydrogen) atoms. The van der Waals surface area contributed by atoms with Crippen LogP contribution in [-0.4, -0.2) is 65.7 Å². The number of nitrogens with zero attached hydrogens (tertiary/aromatic N) is 2. The van der Waals surface area contributed by atoms with Crippen LogP contribution in [0, 0.1) is 5.92 Å². The van der Waals surface area contributed by atoms with Crippen LogP contribution >= 0.6 is 0 Å². The fourth-order valence-electron chi connectivity index (χ4n) is 2.97. The van der Waals surface area contributed by atoms with E-state index in [1.807, 2.05) is 4.90 Å². The Balaban J connectivity index is 1.70. The van der Waals surface area contributed by atoms with Crippen LogP contribution in [0.2, 0.25) is 0 Å². The summed E-state index contributed by atoms with van der Waals surface area (Å²) in [5.74, 6) is -0.0260. The first-order valence-corrected chi connectivity index (χ1v) is 7.54. The second-order valence-electron chi connectivity index (χ2n) is 6.06. The summed E-state index contributed by atoms with van der Waals surface area (Å²) < 4.78 is 0. The summed E-state index contributed by atoms with van der Waals surface area (Å²) in [5, 5.41) is 11.9. The smallest absolute Gasteiger partial charge is 0.317 e. The third kappa shape index (κ3) is 4.37. The Morgan fingerprint density at radius 1 is 1.10 bits per heavy atom. The van der Waals surface area contributed by atoms with Gasteiger partial charge in [0.2, 0.25) is 0 Å². The molecule has 2 aliphatic rings. The van der Waals surface area contributed by atoms with Crippen molar-refractivity contribution in [3.63, 3.8) is 0 Å². The molecule has 0 radical (unpaired) electrons. The van der Waals surface area contributed by atoms with Gasteiger partial charge in [0.25, 0.3) is 0 Å². The number of urea groups is 1. The predicted octanol–water partition coefficient (Wildman–Crippen LogP) is 0.977. The molecule has 0 aromatic heterocycles. The number of hydrogen-bond donors (Lipinski definition) is 2. The molecule has 1 saturated heterocycles. The minimum Gasteiger partial charge on any atom is -0.480 e. The molecule has 1 aliphatic carbocycles. The van der Waals surface area contributed by atoms with Crippen molar-refractivity contribution in [1.29, 1.82) is 0 Å². The van der Waals surface area contributed by atoms with Crippen LogP contribution in [0.25, 0.3) is 0 Å². The van der Waals surface area contributed by atoms with E-state index in [0.717, 1.165) is 18.8 Å². The van der Waals surface area contributed by atoms with Gasteiger partial charge in [0.15, 0.2) is 0 Å². The van der Waals surface area contributed by atoms with Crippen molar-refractivity contribution in [3.05, 3.63) is 0 Å². The topological polar surface area (TPSA) is 72.9 Å². The zero-order valence-electron chi connectivity index (χ0n) is 12.2. The molecular formula is C14H25N3O3. The molecule has 0 atom stereocenters. The summed E-state index contributed by atoms with van der Waals surface area (Å²) in [6, 6.07) is 0.329. The molecule has 0 spiro atoms. The summed E-state index contributed by atoms with van der Waals surface area (Å²) in [6.07, 6.45) is 4.53. The maximum absolute atomic E-state index is 12.2. The number of carbonyl (C=O) groups excluding carboxylic acids is 1. The van der Waals surface area contributed by atoms with E-state index in [9.17, 15) is 9.59 Å². The van der Waals surface area contributed by atoms with Gasteiger partial charge in [0.05, 0.1) is 6.54 Å². The molecule has 0 unspecified atom stereocenters. The quantitative estimate of drug-likeness (QED) is 0.810. The van der Waals surface area contributed by atoms with Gasteiger partial charge in [0.1, 0.15) is 0 Å². The van der Waals surface area contributed by atoms with E-state index in [1.165, 1.54) is 12.8 Å². The number of carboxylic acids is 1. The van der Waals surface area contributed by atoms with Crippen LogP contribution in [-0.2, 0) is 4.79 Å². The number of hydrogen-bond acceptors (Lipinski definition) is 3. The summed E-state index contributed by atoms with van der Waals surface area (Å²) in [6.45, 7) is 4.84. The lowest BCUT2D eigenvalue weighted by Crippen LogP contribution is -2.54. The van der Waals surface area contributed by atoms with Gasteiger partial charge in [-0.25, -0.2) is 4.79 Å². The first kappa shape index (κ1) is 15.1. The van der Waals surface area contributed by atoms with Gasteiger partial charge < -0.3 is 15.3 Å². The van der Waals surface area contributed by atoms with Crippen molar-refractivity contribution in [3.8, 4) is 0 Å². The fraction of sp³-hybridized carbons (Fsp3) is 0.857. The maximum Gasteiger partial charge on any atom is 0.317 e. The fourth-order valence-corrected chi connectivity index (χ4v) is 2.97. The summed E-state index contributed by atoms with van der Waals surface area (Å²) in [4.78, 5) is 26.5. The third-order valence-electron chi connectivity index (χ3n) is 4.36. The average molecular weight is 283 g/mol. The van der Waals surface area contributed by atoms with Crippen molar-refractivity contribution in [2.24, 2.45) is 5.92 Å². The Hall–Kier alpha value is -1.30. The van der Waals surface area contributed by atoms with Crippen LogP contribution < -0.4 is 5.32 Å². The van der Waals surface area contributed by atoms with Gasteiger partial charge in [-0.05, 0) is 31.6 Å². The second-order valence-corrected chi connectivity index (χ2v) is 6.06. The summed E-state index contributed by atoms with van der Waals surface area (Å²) >= 11 is 0. The highest BCUT2D eigenvalue weighted by Gasteiger charge is 2.25. The van der Waals surface area contributed by atoms with Gasteiger partial charge in [-0.15, -0.1) is 0 Å². The van der Waals surface area contributed by atoms with E-state index in [0.29, 0.717) is 32.2 Å². The predicted molar refractivity (Wildman–Crippen MR) is 75.6 cm³/mol. The Morgan fingerprint density at radius 2 is 1.70 bits per heavy atom. The monoisotopic (exact) mass is 283 g/mol. The molecule has 2 amide bonds. The molecule has 1 heterocycles. The second kappa shape index (κ2) is 6.92. The van der Waals surface area contributed by atoms with Gasteiger partial charge in [0, 0.05) is 32.2 Å². The summed E-state index contributed by atoms with van der Waals surface area (Å²) in [7, 11) is 0. The maximum atomic E-state index is 12.2. The van der Waals surface area contributed by atoms with Crippen LogP contribution in [0.3, 0.4) is 0 Å². The number of piperazine rings is 1. The molecule has 114 valence electrons. The molecule has 1 saturated carbocycles. The van der Waals surface area contributed by atoms with E-state index < -0.39 is 5.97 Å². The number of carbonyl (C=O) groups is 2. The summed E-state index contributed by atoms with van der Waals surface area (Å²) in [5.41, 5.74) is 0. The lowest BCUT2D eigenvalue weighted by atomic mass is 9.87. The van der Waals surface area contributed by atoms with Gasteiger partial charge in [-0.2, -0.15) is 0 Å². The van der Waals surface area contributed by atoms with Crippen molar-refractivity contribution in [2.75, 3.05) is 32.7 Å². The normalized spacial score (nSPS) is 28.1. The molecule has 2 fully saturated rings. The minimum absolute atomic E-state index is 0.0135. The SMILES string of the molecule is CC1CCC(NC(=O)N2CCN(CC(=O)O)CC2)CC1. The van der Waals surface area contributed by atoms with E-state index in [-0.39, 0.29) is 12.6 Å². The number of carboxylic acid groups (broad SMARTS) is 1. The molecule has 0 bridgehead atoms. The highest BCUT2D eigenvalue weighted by molar-refractivity contribution is 5.74. The van der Waals surface area contributed by atoms with Crippen LogP contribution in [0.4, 0.5) is 4.79 Å². The third-order valence-corrected chi connectivity index (χ3v) is 4.36. The van der Waals surface area contributed by atoms with Crippen molar-refractivity contribution < 1.29 is 14.7 Å². The molecule has 6 nitrogen and oxygen atoms in total. The van der Waals surface area contributed by atoms with E-state index in [4.69, 9.17) is 5.11 Å². The zero-order chi connectivity index (χ0) is 14.5. The Bertz CT molecular complexity index is 346. The van der Waals surface area contributed by atoms with Crippen molar-refractivity contribution >= 4 is 12.0 Å². The molecular weight excluding hydrogens is 258 g/mol. The molecule has 2 N–H and O–H groups in total. The minimum atomic E-state index is -0.806. The van der Waals surface area contributed by atoms with E-state index in [2.05, 4.69) is 12.2 Å². The zero-order valence-corrected chi connectivity index (χ0v) is 12.2. The van der Waals surface area contributed by atoms with E-state index in [1.54, 1.807) is 4.90 Å². The molecule has 2 rings (SSSR count). The highest BCUT2D eigenvalue weighted by atomic mass is 16.4. The number of amides is 2. The first-order chi connectivity index (χ1) is 9.54. The van der Waals surface area contributed by atoms with Gasteiger partial charge in [-0.3, -0.25) is 9.69 Å². The highest BCUT2D eigenvalue weighted by Crippen LogP contribution is 2.23. The number of nitrogens with one attached hydrogen (secondary N) is 1. The van der Waals surface area contributed by atoms with Crippen LogP contribution in [0.1, 0.15) is 32.6 Å². The average Bonchev–Trinajstić information content (AvgIpc) is 2.41. The van der Waals surface area contributed by atoms with Crippen LogP contribution in [0.5, 0.6) is 0 Å². The lowest BCUT2D eigenvalue weighted by Gasteiger charge is -2.35. The van der Waals surface area contributed by atoms with Crippen molar-refractivity contribution in [2.45, 2.75) is 38.6 Å². The molecule has 1 aliphatic heterocycles. The lowest BCUT2D eigenvalue weighted by molar-refractivity contribution is -0.138. The Labute approximate surface area is 120 Å². The van der Waals surface area contributed by atoms with E-state index >= 15 is 0 Å². The molecule has 6 heteroatoms. The largest absolute Gasteiger partial charge is 0.480 e. The van der Waals surface area contributed by atoms with Crippen molar-refractivity contribution in [1.82, 2.24) is 15.1 Å². The van der Waals surface area contributed by atoms with Gasteiger partial charge >= 0.3 is 12.0 Å². The number of rotatable bonds is 3.